The number of H-pyrrole nitrogens is 1. The van der Waals surface area contributed by atoms with Gasteiger partial charge in [0.2, 0.25) is 5.95 Å². The Labute approximate surface area is 73.0 Å². The van der Waals surface area contributed by atoms with Crippen LogP contribution in [0, 0.1) is 0 Å². The van der Waals surface area contributed by atoms with E-state index >= 15 is 0 Å². The molecule has 1 aromatic heterocycles. The van der Waals surface area contributed by atoms with Gasteiger partial charge in [-0.2, -0.15) is 12.6 Å². The fourth-order valence-corrected chi connectivity index (χ4v) is 1.48. The third-order valence-electron chi connectivity index (χ3n) is 0.949. The monoisotopic (exact) mass is 189 g/mol. The summed E-state index contributed by atoms with van der Waals surface area (Å²) in [7, 11) is 0. The molecule has 0 fully saturated rings. The highest BCUT2D eigenvalue weighted by Crippen LogP contribution is 2.13. The zero-order chi connectivity index (χ0) is 8.27. The van der Waals surface area contributed by atoms with Crippen molar-refractivity contribution in [3.05, 3.63) is 16.4 Å². The van der Waals surface area contributed by atoms with Crippen molar-refractivity contribution in [1.29, 1.82) is 0 Å². The SMILES string of the molecule is Nc1nc(SCS)cc(=O)[nH]1. The number of nitrogens with two attached hydrogens (primary N) is 1. The van der Waals surface area contributed by atoms with Crippen LogP contribution in [0.15, 0.2) is 15.9 Å². The highest BCUT2D eigenvalue weighted by atomic mass is 32.2. The molecular formula is C5H7N3OS2. The Morgan fingerprint density at radius 3 is 3.09 bits per heavy atom. The number of hydrogen-bond acceptors (Lipinski definition) is 5. The van der Waals surface area contributed by atoms with Crippen molar-refractivity contribution in [3.8, 4) is 0 Å². The number of nitrogens with one attached hydrogen (secondary N) is 1. The standard InChI is InChI=1S/C5H7N3OS2/c6-5-7-3(9)1-4(8-5)11-2-10/h1,10H,2H2,(H3,6,7,8,9). The van der Waals surface area contributed by atoms with E-state index in [1.807, 2.05) is 0 Å². The summed E-state index contributed by atoms with van der Waals surface area (Å²) in [5.74, 6) is 0.141. The minimum atomic E-state index is -0.234. The van der Waals surface area contributed by atoms with Crippen molar-refractivity contribution in [2.45, 2.75) is 5.03 Å². The zero-order valence-corrected chi connectivity index (χ0v) is 7.28. The van der Waals surface area contributed by atoms with Gasteiger partial charge in [-0.1, -0.05) is 11.8 Å². The molecule has 0 atom stereocenters. The van der Waals surface area contributed by atoms with Crippen molar-refractivity contribution < 1.29 is 0 Å². The highest BCUT2D eigenvalue weighted by molar-refractivity contribution is 8.09. The van der Waals surface area contributed by atoms with Crippen molar-refractivity contribution >= 4 is 30.3 Å². The van der Waals surface area contributed by atoms with Crippen molar-refractivity contribution in [2.75, 3.05) is 10.8 Å². The maximum atomic E-state index is 10.8. The van der Waals surface area contributed by atoms with Gasteiger partial charge in [0.25, 0.3) is 5.56 Å². The predicted molar refractivity (Wildman–Crippen MR) is 49.0 cm³/mol. The van der Waals surface area contributed by atoms with Crippen LogP contribution in [0.25, 0.3) is 0 Å². The van der Waals surface area contributed by atoms with Gasteiger partial charge in [0.1, 0.15) is 5.03 Å². The summed E-state index contributed by atoms with van der Waals surface area (Å²) >= 11 is 5.33. The molecule has 3 N–H and O–H groups in total. The maximum absolute atomic E-state index is 10.8. The molecule has 4 nitrogen and oxygen atoms in total. The van der Waals surface area contributed by atoms with Gasteiger partial charge in [-0.3, -0.25) is 9.78 Å². The van der Waals surface area contributed by atoms with Gasteiger partial charge in [-0.15, -0.1) is 0 Å². The lowest BCUT2D eigenvalue weighted by atomic mass is 10.6. The number of thiol groups is 1. The van der Waals surface area contributed by atoms with E-state index in [1.54, 1.807) is 0 Å². The molecule has 11 heavy (non-hydrogen) atoms. The molecule has 0 bridgehead atoms. The van der Waals surface area contributed by atoms with Crippen molar-refractivity contribution in [2.24, 2.45) is 0 Å². The number of aromatic amines is 1. The zero-order valence-electron chi connectivity index (χ0n) is 5.57. The van der Waals surface area contributed by atoms with E-state index in [1.165, 1.54) is 17.8 Å². The second-order valence-corrected chi connectivity index (χ2v) is 3.48. The number of nitrogens with zero attached hydrogens (tertiary/aromatic N) is 1. The lowest BCUT2D eigenvalue weighted by molar-refractivity contribution is 1.03. The second-order valence-electron chi connectivity index (χ2n) is 1.74. The first-order valence-corrected chi connectivity index (χ1v) is 4.44. The molecule has 0 aromatic carbocycles. The smallest absolute Gasteiger partial charge is 0.253 e. The van der Waals surface area contributed by atoms with E-state index in [0.29, 0.717) is 10.1 Å². The van der Waals surface area contributed by atoms with Crippen LogP contribution in [-0.4, -0.2) is 15.1 Å². The van der Waals surface area contributed by atoms with Crippen LogP contribution < -0.4 is 11.3 Å². The molecule has 0 aliphatic rings. The molecule has 1 heterocycles. The molecule has 0 radical (unpaired) electrons. The molecule has 0 amide bonds. The molecule has 0 aliphatic carbocycles. The topological polar surface area (TPSA) is 71.8 Å². The van der Waals surface area contributed by atoms with Crippen LogP contribution in [0.1, 0.15) is 0 Å². The van der Waals surface area contributed by atoms with Crippen LogP contribution in [0.3, 0.4) is 0 Å². The third-order valence-corrected chi connectivity index (χ3v) is 1.97. The predicted octanol–water partition coefficient (Wildman–Crippen LogP) is 0.332. The van der Waals surface area contributed by atoms with Gasteiger partial charge in [-0.25, -0.2) is 4.98 Å². The molecule has 1 rings (SSSR count). The van der Waals surface area contributed by atoms with Gasteiger partial charge in [0, 0.05) is 11.2 Å². The molecule has 0 saturated heterocycles. The first-order valence-electron chi connectivity index (χ1n) is 2.83. The highest BCUT2D eigenvalue weighted by Gasteiger charge is 1.96. The first-order chi connectivity index (χ1) is 5.22. The second kappa shape index (κ2) is 3.68. The summed E-state index contributed by atoms with van der Waals surface area (Å²) in [6.45, 7) is 0. The quantitative estimate of drug-likeness (QED) is 0.271. The van der Waals surface area contributed by atoms with Gasteiger partial charge >= 0.3 is 0 Å². The summed E-state index contributed by atoms with van der Waals surface area (Å²) < 4.78 is 0. The Hall–Kier alpha value is -0.620. The minimum Gasteiger partial charge on any atom is -0.369 e. The number of hydrogen-bond donors (Lipinski definition) is 3. The lowest BCUT2D eigenvalue weighted by Gasteiger charge is -1.96. The Bertz CT molecular complexity index is 298. The number of rotatable bonds is 2. The molecule has 0 spiro atoms. The average molecular weight is 189 g/mol. The largest absolute Gasteiger partial charge is 0.369 e. The molecule has 60 valence electrons. The van der Waals surface area contributed by atoms with E-state index in [4.69, 9.17) is 5.73 Å². The molecule has 6 heteroatoms. The maximum Gasteiger partial charge on any atom is 0.253 e. The van der Waals surface area contributed by atoms with Crippen LogP contribution >= 0.6 is 24.4 Å². The van der Waals surface area contributed by atoms with Crippen molar-refractivity contribution in [1.82, 2.24) is 9.97 Å². The molecule has 0 aliphatic heterocycles. The van der Waals surface area contributed by atoms with E-state index < -0.39 is 0 Å². The number of nitrogen functional groups attached to an aromatic ring is 1. The molecule has 0 unspecified atom stereocenters. The van der Waals surface area contributed by atoms with Crippen LogP contribution in [0.4, 0.5) is 5.95 Å². The van der Waals surface area contributed by atoms with Gasteiger partial charge < -0.3 is 5.73 Å². The Balaban J connectivity index is 2.99. The summed E-state index contributed by atoms with van der Waals surface area (Å²) in [5, 5.41) is 1.18. The van der Waals surface area contributed by atoms with Gasteiger partial charge in [-0.05, 0) is 0 Å². The van der Waals surface area contributed by atoms with Gasteiger partial charge in [0.05, 0.1) is 0 Å². The summed E-state index contributed by atoms with van der Waals surface area (Å²) in [4.78, 5) is 17.0. The van der Waals surface area contributed by atoms with Crippen LogP contribution in [0.5, 0.6) is 0 Å². The third kappa shape index (κ3) is 2.47. The summed E-state index contributed by atoms with van der Waals surface area (Å²) in [6, 6.07) is 1.39. The van der Waals surface area contributed by atoms with E-state index in [0.717, 1.165) is 0 Å². The van der Waals surface area contributed by atoms with E-state index in [2.05, 4.69) is 22.6 Å². The van der Waals surface area contributed by atoms with E-state index in [9.17, 15) is 4.79 Å². The van der Waals surface area contributed by atoms with Crippen molar-refractivity contribution in [3.63, 3.8) is 0 Å². The Morgan fingerprint density at radius 2 is 2.55 bits per heavy atom. The first kappa shape index (κ1) is 8.48. The van der Waals surface area contributed by atoms with Crippen LogP contribution in [-0.2, 0) is 0 Å². The number of anilines is 1. The fourth-order valence-electron chi connectivity index (χ4n) is 0.593. The summed E-state index contributed by atoms with van der Waals surface area (Å²) in [5.41, 5.74) is 5.05. The van der Waals surface area contributed by atoms with Gasteiger partial charge in [0.15, 0.2) is 0 Å². The summed E-state index contributed by atoms with van der Waals surface area (Å²) in [6.07, 6.45) is 0. The average Bonchev–Trinajstić information content (AvgIpc) is 1.85. The normalized spacial score (nSPS) is 9.91. The number of thioether (sulfide) groups is 1. The Kier molecular flexibility index (Phi) is 2.84. The minimum absolute atomic E-state index is 0.141. The molecule has 0 saturated carbocycles. The molecular weight excluding hydrogens is 182 g/mol. The number of aromatic nitrogens is 2. The van der Waals surface area contributed by atoms with Crippen LogP contribution in [0.2, 0.25) is 0 Å². The lowest BCUT2D eigenvalue weighted by Crippen LogP contribution is -2.09. The fraction of sp³-hybridized carbons (Fsp3) is 0.200. The Morgan fingerprint density at radius 1 is 1.82 bits per heavy atom. The molecule has 1 aromatic rings. The van der Waals surface area contributed by atoms with E-state index in [-0.39, 0.29) is 11.5 Å².